The van der Waals surface area contributed by atoms with Gasteiger partial charge in [0.1, 0.15) is 0 Å². The van der Waals surface area contributed by atoms with Crippen molar-refractivity contribution in [1.82, 2.24) is 15.5 Å². The minimum Gasteiger partial charge on any atom is -0.354 e. The molecule has 1 aromatic heterocycles. The van der Waals surface area contributed by atoms with E-state index in [1.807, 2.05) is 0 Å². The largest absolute Gasteiger partial charge is 0.354 e. The minimum atomic E-state index is -2.88. The molecule has 2 atom stereocenters. The van der Waals surface area contributed by atoms with Crippen LogP contribution in [0.1, 0.15) is 30.2 Å². The molecule has 0 bridgehead atoms. The molecule has 0 aromatic carbocycles. The number of likely N-dealkylation sites (tertiary alicyclic amines) is 1. The van der Waals surface area contributed by atoms with E-state index in [2.05, 4.69) is 38.0 Å². The van der Waals surface area contributed by atoms with Gasteiger partial charge in [-0.15, -0.1) is 35.3 Å². The second-order valence-electron chi connectivity index (χ2n) is 6.47. The lowest BCUT2D eigenvalue weighted by Gasteiger charge is -2.28. The van der Waals surface area contributed by atoms with Crippen LogP contribution in [0.4, 0.5) is 0 Å². The molecule has 0 saturated carbocycles. The average Bonchev–Trinajstić information content (AvgIpc) is 3.29. The van der Waals surface area contributed by atoms with Gasteiger partial charge in [-0.25, -0.2) is 8.42 Å². The van der Waals surface area contributed by atoms with Gasteiger partial charge >= 0.3 is 0 Å². The molecule has 2 unspecified atom stereocenters. The molecule has 2 N–H and O–H groups in total. The van der Waals surface area contributed by atoms with Gasteiger partial charge in [0.2, 0.25) is 0 Å². The number of rotatable bonds is 5. The number of nitrogens with zero attached hydrogens (tertiary/aromatic N) is 2. The second-order valence-corrected chi connectivity index (χ2v) is 9.68. The molecule has 3 rings (SSSR count). The fourth-order valence-electron chi connectivity index (χ4n) is 3.43. The number of nitrogens with one attached hydrogen (secondary N) is 2. The predicted octanol–water partition coefficient (Wildman–Crippen LogP) is 1.86. The first kappa shape index (κ1) is 20.9. The predicted molar refractivity (Wildman–Crippen MR) is 115 cm³/mol. The summed E-state index contributed by atoms with van der Waals surface area (Å²) in [7, 11) is -1.15. The summed E-state index contributed by atoms with van der Waals surface area (Å²) in [5.74, 6) is 1.17. The Kier molecular flexibility index (Phi) is 7.96. The summed E-state index contributed by atoms with van der Waals surface area (Å²) in [6.07, 6.45) is 3.17. The van der Waals surface area contributed by atoms with Gasteiger partial charge in [0.25, 0.3) is 0 Å². The van der Waals surface area contributed by atoms with Crippen molar-refractivity contribution in [3.05, 3.63) is 22.4 Å². The van der Waals surface area contributed by atoms with Crippen LogP contribution in [-0.2, 0) is 9.84 Å². The van der Waals surface area contributed by atoms with Gasteiger partial charge in [0.05, 0.1) is 17.5 Å². The van der Waals surface area contributed by atoms with Crippen LogP contribution in [-0.4, -0.2) is 63.5 Å². The first-order valence-corrected chi connectivity index (χ1v) is 11.2. The van der Waals surface area contributed by atoms with E-state index in [4.69, 9.17) is 0 Å². The van der Waals surface area contributed by atoms with Gasteiger partial charge < -0.3 is 10.6 Å². The molecule has 0 aliphatic carbocycles. The molecule has 2 fully saturated rings. The van der Waals surface area contributed by atoms with Crippen molar-refractivity contribution in [2.24, 2.45) is 4.99 Å². The van der Waals surface area contributed by atoms with Crippen LogP contribution >= 0.6 is 35.3 Å². The Labute approximate surface area is 171 Å². The number of hydrogen-bond donors (Lipinski definition) is 2. The van der Waals surface area contributed by atoms with E-state index in [1.54, 1.807) is 18.4 Å². The Morgan fingerprint density at radius 3 is 2.76 bits per heavy atom. The third-order valence-corrected chi connectivity index (χ3v) is 7.45. The first-order chi connectivity index (χ1) is 11.6. The van der Waals surface area contributed by atoms with Crippen LogP contribution in [0.15, 0.2) is 22.5 Å². The van der Waals surface area contributed by atoms with Crippen LogP contribution < -0.4 is 10.6 Å². The summed E-state index contributed by atoms with van der Waals surface area (Å²) in [6.45, 7) is 3.05. The van der Waals surface area contributed by atoms with Crippen molar-refractivity contribution >= 4 is 51.1 Å². The highest BCUT2D eigenvalue weighted by atomic mass is 127. The molecule has 6 nitrogen and oxygen atoms in total. The van der Waals surface area contributed by atoms with Crippen molar-refractivity contribution in [2.75, 3.05) is 38.2 Å². The molecule has 3 heterocycles. The van der Waals surface area contributed by atoms with Gasteiger partial charge in [-0.2, -0.15) is 0 Å². The molecule has 0 amide bonds. The Morgan fingerprint density at radius 1 is 1.44 bits per heavy atom. The van der Waals surface area contributed by atoms with Crippen molar-refractivity contribution < 1.29 is 8.42 Å². The zero-order chi connectivity index (χ0) is 17.0. The smallest absolute Gasteiger partial charge is 0.191 e. The topological polar surface area (TPSA) is 73.8 Å². The van der Waals surface area contributed by atoms with Gasteiger partial charge in [-0.3, -0.25) is 9.89 Å². The standard InChI is InChI=1S/C16H26N4O2S2.HI/c1-17-16(19-13-6-10-24(21,22)12-13)18-11-14(15-5-4-9-23-15)20-7-2-3-8-20;/h4-5,9,13-14H,2-3,6-8,10-12H2,1H3,(H2,17,18,19);1H. The minimum absolute atomic E-state index is 0. The summed E-state index contributed by atoms with van der Waals surface area (Å²) in [4.78, 5) is 8.15. The van der Waals surface area contributed by atoms with Crippen LogP contribution in [0.3, 0.4) is 0 Å². The number of guanidine groups is 1. The molecule has 1 aromatic rings. The highest BCUT2D eigenvalue weighted by Gasteiger charge is 2.29. The summed E-state index contributed by atoms with van der Waals surface area (Å²) in [5, 5.41) is 8.77. The van der Waals surface area contributed by atoms with E-state index < -0.39 is 9.84 Å². The number of aliphatic imine (C=N–C) groups is 1. The van der Waals surface area contributed by atoms with E-state index in [1.165, 1.54) is 17.7 Å². The molecular weight excluding hydrogens is 471 g/mol. The lowest BCUT2D eigenvalue weighted by Crippen LogP contribution is -2.46. The SMILES string of the molecule is CN=C(NCC(c1cccs1)N1CCCC1)NC1CCS(=O)(=O)C1.I. The molecule has 0 radical (unpaired) electrons. The Balaban J connectivity index is 0.00000225. The van der Waals surface area contributed by atoms with Crippen molar-refractivity contribution in [1.29, 1.82) is 0 Å². The van der Waals surface area contributed by atoms with Crippen LogP contribution in [0.2, 0.25) is 0 Å². The van der Waals surface area contributed by atoms with Crippen molar-refractivity contribution in [3.63, 3.8) is 0 Å². The molecule has 25 heavy (non-hydrogen) atoms. The third-order valence-electron chi connectivity index (χ3n) is 4.71. The molecule has 2 aliphatic rings. The normalized spacial score (nSPS) is 24.7. The highest BCUT2D eigenvalue weighted by Crippen LogP contribution is 2.27. The molecule has 9 heteroatoms. The molecule has 2 saturated heterocycles. The van der Waals surface area contributed by atoms with E-state index in [0.717, 1.165) is 19.6 Å². The maximum Gasteiger partial charge on any atom is 0.191 e. The summed E-state index contributed by atoms with van der Waals surface area (Å²) in [5.41, 5.74) is 0. The zero-order valence-electron chi connectivity index (χ0n) is 14.5. The van der Waals surface area contributed by atoms with Gasteiger partial charge in [-0.1, -0.05) is 6.07 Å². The summed E-state index contributed by atoms with van der Waals surface area (Å²) >= 11 is 1.79. The fraction of sp³-hybridized carbons (Fsp3) is 0.688. The zero-order valence-corrected chi connectivity index (χ0v) is 18.4. The maximum atomic E-state index is 11.6. The lowest BCUT2D eigenvalue weighted by atomic mass is 10.2. The van der Waals surface area contributed by atoms with Gasteiger partial charge in [-0.05, 0) is 43.8 Å². The van der Waals surface area contributed by atoms with Crippen LogP contribution in [0.25, 0.3) is 0 Å². The number of hydrogen-bond acceptors (Lipinski definition) is 5. The first-order valence-electron chi connectivity index (χ1n) is 8.52. The average molecular weight is 498 g/mol. The Hall–Kier alpha value is -0.390. The van der Waals surface area contributed by atoms with E-state index in [9.17, 15) is 8.42 Å². The maximum absolute atomic E-state index is 11.6. The number of thiophene rings is 1. The van der Waals surface area contributed by atoms with E-state index in [-0.39, 0.29) is 41.5 Å². The molecule has 2 aliphatic heterocycles. The van der Waals surface area contributed by atoms with Gasteiger partial charge in [0, 0.05) is 24.5 Å². The van der Waals surface area contributed by atoms with E-state index >= 15 is 0 Å². The number of sulfone groups is 1. The van der Waals surface area contributed by atoms with Crippen molar-refractivity contribution in [2.45, 2.75) is 31.3 Å². The molecule has 142 valence electrons. The van der Waals surface area contributed by atoms with Crippen LogP contribution in [0.5, 0.6) is 0 Å². The van der Waals surface area contributed by atoms with Gasteiger partial charge in [0.15, 0.2) is 15.8 Å². The van der Waals surface area contributed by atoms with Crippen molar-refractivity contribution in [3.8, 4) is 0 Å². The Morgan fingerprint density at radius 2 is 2.20 bits per heavy atom. The monoisotopic (exact) mass is 498 g/mol. The Bertz CT molecular complexity index is 658. The van der Waals surface area contributed by atoms with E-state index in [0.29, 0.717) is 18.4 Å². The molecular formula is C16H27IN4O2S2. The summed E-state index contributed by atoms with van der Waals surface area (Å²) in [6, 6.07) is 4.60. The molecule has 0 spiro atoms. The second kappa shape index (κ2) is 9.52. The quantitative estimate of drug-likeness (QED) is 0.369. The highest BCUT2D eigenvalue weighted by molar-refractivity contribution is 14.0. The van der Waals surface area contributed by atoms with Crippen LogP contribution in [0, 0.1) is 0 Å². The third kappa shape index (κ3) is 5.80. The fourth-order valence-corrected chi connectivity index (χ4v) is 5.97. The number of halogens is 1. The lowest BCUT2D eigenvalue weighted by molar-refractivity contribution is 0.249. The summed E-state index contributed by atoms with van der Waals surface area (Å²) < 4.78 is 23.2.